The van der Waals surface area contributed by atoms with Gasteiger partial charge in [-0.25, -0.2) is 4.98 Å². The zero-order chi connectivity index (χ0) is 14.8. The van der Waals surface area contributed by atoms with Crippen molar-refractivity contribution in [3.05, 3.63) is 54.0 Å². The molecule has 106 valence electrons. The summed E-state index contributed by atoms with van der Waals surface area (Å²) in [6.07, 6.45) is 3.21. The van der Waals surface area contributed by atoms with Gasteiger partial charge in [-0.1, -0.05) is 41.7 Å². The van der Waals surface area contributed by atoms with Gasteiger partial charge >= 0.3 is 0 Å². The van der Waals surface area contributed by atoms with E-state index in [1.807, 2.05) is 37.3 Å². The van der Waals surface area contributed by atoms with Gasteiger partial charge < -0.3 is 0 Å². The highest BCUT2D eigenvalue weighted by atomic mass is 32.1. The Bertz CT molecular complexity index is 776. The molecule has 0 unspecified atom stereocenters. The molecule has 0 bridgehead atoms. The third kappa shape index (κ3) is 2.85. The van der Waals surface area contributed by atoms with E-state index in [0.717, 1.165) is 16.1 Å². The van der Waals surface area contributed by atoms with Crippen molar-refractivity contribution in [2.24, 2.45) is 7.05 Å². The quantitative estimate of drug-likeness (QED) is 0.808. The molecular weight excluding hydrogens is 284 g/mol. The molecule has 0 aliphatic heterocycles. The molecule has 2 aromatic heterocycles. The van der Waals surface area contributed by atoms with E-state index in [9.17, 15) is 4.79 Å². The van der Waals surface area contributed by atoms with Gasteiger partial charge in [0.1, 0.15) is 0 Å². The number of carbonyl (C=O) groups excluding carboxylic acids is 1. The fourth-order valence-electron chi connectivity index (χ4n) is 2.02. The number of benzene rings is 1. The lowest BCUT2D eigenvalue weighted by Gasteiger charge is -1.97. The number of hydrogen-bond acceptors (Lipinski definition) is 4. The fraction of sp³-hybridized carbons (Fsp3) is 0.133. The molecule has 2 heterocycles. The van der Waals surface area contributed by atoms with Gasteiger partial charge in [0, 0.05) is 13.2 Å². The summed E-state index contributed by atoms with van der Waals surface area (Å²) in [5, 5.41) is 7.40. The summed E-state index contributed by atoms with van der Waals surface area (Å²) in [5.41, 5.74) is 2.54. The van der Waals surface area contributed by atoms with Crippen LogP contribution in [0.15, 0.2) is 42.7 Å². The van der Waals surface area contributed by atoms with Crippen LogP contribution in [-0.2, 0) is 7.05 Å². The monoisotopic (exact) mass is 298 g/mol. The molecule has 6 heteroatoms. The lowest BCUT2D eigenvalue weighted by Crippen LogP contribution is -2.10. The minimum absolute atomic E-state index is 0.198. The average molecular weight is 298 g/mol. The summed E-state index contributed by atoms with van der Waals surface area (Å²) in [5.74, 6) is -0.198. The molecule has 3 rings (SSSR count). The molecule has 3 aromatic rings. The highest BCUT2D eigenvalue weighted by Gasteiger charge is 2.13. The summed E-state index contributed by atoms with van der Waals surface area (Å²) < 4.78 is 1.59. The maximum absolute atomic E-state index is 12.1. The lowest BCUT2D eigenvalue weighted by molar-refractivity contribution is 0.102. The average Bonchev–Trinajstić information content (AvgIpc) is 3.06. The van der Waals surface area contributed by atoms with Crippen LogP contribution in [0.1, 0.15) is 16.1 Å². The molecule has 0 fully saturated rings. The minimum Gasteiger partial charge on any atom is -0.298 e. The number of nitrogens with zero attached hydrogens (tertiary/aromatic N) is 3. The molecule has 0 spiro atoms. The number of carbonyl (C=O) groups is 1. The Kier molecular flexibility index (Phi) is 3.53. The van der Waals surface area contributed by atoms with Crippen molar-refractivity contribution in [2.45, 2.75) is 6.92 Å². The second kappa shape index (κ2) is 5.49. The summed E-state index contributed by atoms with van der Waals surface area (Å²) in [6, 6.07) is 10.0. The first-order valence-corrected chi connectivity index (χ1v) is 7.28. The van der Waals surface area contributed by atoms with Crippen molar-refractivity contribution in [2.75, 3.05) is 5.32 Å². The third-order valence-electron chi connectivity index (χ3n) is 3.02. The van der Waals surface area contributed by atoms with Crippen LogP contribution in [0.4, 0.5) is 5.13 Å². The number of thiazole rings is 1. The molecule has 0 aliphatic rings. The van der Waals surface area contributed by atoms with Crippen LogP contribution in [0.25, 0.3) is 10.4 Å². The first-order valence-electron chi connectivity index (χ1n) is 6.46. The Morgan fingerprint density at radius 3 is 2.71 bits per heavy atom. The van der Waals surface area contributed by atoms with Gasteiger partial charge in [0.05, 0.1) is 22.3 Å². The molecule has 0 aliphatic carbocycles. The first-order chi connectivity index (χ1) is 10.1. The molecule has 0 atom stereocenters. The molecule has 1 aromatic carbocycles. The SMILES string of the molecule is Cc1nc(NC(=O)c2cnn(C)c2)sc1-c1ccccc1. The summed E-state index contributed by atoms with van der Waals surface area (Å²) in [4.78, 5) is 17.6. The highest BCUT2D eigenvalue weighted by Crippen LogP contribution is 2.32. The minimum atomic E-state index is -0.198. The number of nitrogens with one attached hydrogen (secondary N) is 1. The Balaban J connectivity index is 1.83. The number of anilines is 1. The number of aromatic nitrogens is 3. The maximum Gasteiger partial charge on any atom is 0.260 e. The van der Waals surface area contributed by atoms with Gasteiger partial charge in [-0.2, -0.15) is 5.10 Å². The zero-order valence-corrected chi connectivity index (χ0v) is 12.5. The van der Waals surface area contributed by atoms with Gasteiger partial charge in [0.25, 0.3) is 5.91 Å². The van der Waals surface area contributed by atoms with E-state index in [1.54, 1.807) is 17.9 Å². The molecule has 21 heavy (non-hydrogen) atoms. The number of amides is 1. The molecule has 1 amide bonds. The van der Waals surface area contributed by atoms with Crippen molar-refractivity contribution in [3.8, 4) is 10.4 Å². The Hall–Kier alpha value is -2.47. The van der Waals surface area contributed by atoms with E-state index in [4.69, 9.17) is 0 Å². The Labute approximate surface area is 126 Å². The Morgan fingerprint density at radius 2 is 2.05 bits per heavy atom. The second-order valence-corrected chi connectivity index (χ2v) is 5.66. The standard InChI is InChI=1S/C15H14N4OS/c1-10-13(11-6-4-3-5-7-11)21-15(17-10)18-14(20)12-8-16-19(2)9-12/h3-9H,1-2H3,(H,17,18,20). The number of rotatable bonds is 3. The van der Waals surface area contributed by atoms with E-state index in [-0.39, 0.29) is 5.91 Å². The normalized spacial score (nSPS) is 10.6. The Morgan fingerprint density at radius 1 is 1.29 bits per heavy atom. The number of hydrogen-bond donors (Lipinski definition) is 1. The molecule has 5 nitrogen and oxygen atoms in total. The van der Waals surface area contributed by atoms with Crippen molar-refractivity contribution < 1.29 is 4.79 Å². The van der Waals surface area contributed by atoms with Crippen LogP contribution >= 0.6 is 11.3 Å². The summed E-state index contributed by atoms with van der Waals surface area (Å²) >= 11 is 1.47. The number of aryl methyl sites for hydroxylation is 2. The van der Waals surface area contributed by atoms with Crippen LogP contribution in [0.3, 0.4) is 0 Å². The molecular formula is C15H14N4OS. The molecule has 0 saturated carbocycles. The highest BCUT2D eigenvalue weighted by molar-refractivity contribution is 7.19. The van der Waals surface area contributed by atoms with E-state index >= 15 is 0 Å². The largest absolute Gasteiger partial charge is 0.298 e. The van der Waals surface area contributed by atoms with E-state index in [1.165, 1.54) is 17.5 Å². The van der Waals surface area contributed by atoms with E-state index in [2.05, 4.69) is 15.4 Å². The van der Waals surface area contributed by atoms with Crippen LogP contribution in [0.2, 0.25) is 0 Å². The van der Waals surface area contributed by atoms with Crippen molar-refractivity contribution in [1.82, 2.24) is 14.8 Å². The van der Waals surface area contributed by atoms with Gasteiger partial charge in [-0.3, -0.25) is 14.8 Å². The smallest absolute Gasteiger partial charge is 0.260 e. The van der Waals surface area contributed by atoms with Crippen LogP contribution in [0.5, 0.6) is 0 Å². The molecule has 1 N–H and O–H groups in total. The van der Waals surface area contributed by atoms with Crippen molar-refractivity contribution >= 4 is 22.4 Å². The fourth-order valence-corrected chi connectivity index (χ4v) is 2.98. The van der Waals surface area contributed by atoms with E-state index in [0.29, 0.717) is 10.7 Å². The van der Waals surface area contributed by atoms with Crippen molar-refractivity contribution in [3.63, 3.8) is 0 Å². The second-order valence-electron chi connectivity index (χ2n) is 4.66. The van der Waals surface area contributed by atoms with Gasteiger partial charge in [-0.15, -0.1) is 0 Å². The maximum atomic E-state index is 12.1. The van der Waals surface area contributed by atoms with Crippen LogP contribution < -0.4 is 5.32 Å². The van der Waals surface area contributed by atoms with Gasteiger partial charge in [0.2, 0.25) is 0 Å². The predicted octanol–water partition coefficient (Wildman–Crippen LogP) is 3.10. The van der Waals surface area contributed by atoms with E-state index < -0.39 is 0 Å². The van der Waals surface area contributed by atoms with Crippen LogP contribution in [-0.4, -0.2) is 20.7 Å². The molecule has 0 radical (unpaired) electrons. The first kappa shape index (κ1) is 13.5. The lowest BCUT2D eigenvalue weighted by atomic mass is 10.2. The topological polar surface area (TPSA) is 59.8 Å². The third-order valence-corrected chi connectivity index (χ3v) is 4.14. The predicted molar refractivity (Wildman–Crippen MR) is 83.4 cm³/mol. The summed E-state index contributed by atoms with van der Waals surface area (Å²) in [7, 11) is 1.78. The van der Waals surface area contributed by atoms with Crippen LogP contribution in [0, 0.1) is 6.92 Å². The van der Waals surface area contributed by atoms with Gasteiger partial charge in [0.15, 0.2) is 5.13 Å². The summed E-state index contributed by atoms with van der Waals surface area (Å²) in [6.45, 7) is 1.94. The molecule has 0 saturated heterocycles. The zero-order valence-electron chi connectivity index (χ0n) is 11.7. The van der Waals surface area contributed by atoms with Gasteiger partial charge in [-0.05, 0) is 12.5 Å². The van der Waals surface area contributed by atoms with Crippen molar-refractivity contribution in [1.29, 1.82) is 0 Å².